The van der Waals surface area contributed by atoms with Crippen molar-refractivity contribution in [2.75, 3.05) is 17.4 Å². The van der Waals surface area contributed by atoms with Crippen LogP contribution in [0.4, 0.5) is 0 Å². The standard InChI is InChI=1S/C9H18ClNO2S/c10-5-2-1-3-6-14-7-4-8(11)9(12)13/h8H,1-7,11H2,(H,12,13). The number of carbonyl (C=O) groups is 1. The number of alkyl halides is 1. The van der Waals surface area contributed by atoms with Gasteiger partial charge in [0, 0.05) is 5.88 Å². The monoisotopic (exact) mass is 239 g/mol. The summed E-state index contributed by atoms with van der Waals surface area (Å²) in [6.45, 7) is 0. The highest BCUT2D eigenvalue weighted by molar-refractivity contribution is 7.99. The van der Waals surface area contributed by atoms with Gasteiger partial charge in [0.05, 0.1) is 0 Å². The van der Waals surface area contributed by atoms with Gasteiger partial charge in [0.15, 0.2) is 0 Å². The number of hydrogen-bond donors (Lipinski definition) is 2. The van der Waals surface area contributed by atoms with Gasteiger partial charge in [-0.25, -0.2) is 0 Å². The van der Waals surface area contributed by atoms with E-state index in [-0.39, 0.29) is 0 Å². The van der Waals surface area contributed by atoms with Crippen LogP contribution in [0.5, 0.6) is 0 Å². The second kappa shape index (κ2) is 9.62. The topological polar surface area (TPSA) is 63.3 Å². The van der Waals surface area contributed by atoms with Crippen molar-refractivity contribution in [2.24, 2.45) is 5.73 Å². The molecule has 3 N–H and O–H groups in total. The lowest BCUT2D eigenvalue weighted by molar-refractivity contribution is -0.138. The summed E-state index contributed by atoms with van der Waals surface area (Å²) in [5.74, 6) is 1.72. The molecule has 0 fully saturated rings. The maximum Gasteiger partial charge on any atom is 0.320 e. The van der Waals surface area contributed by atoms with E-state index in [0.29, 0.717) is 6.42 Å². The molecule has 84 valence electrons. The Labute approximate surface area is 94.4 Å². The van der Waals surface area contributed by atoms with Crippen LogP contribution >= 0.6 is 23.4 Å². The van der Waals surface area contributed by atoms with Gasteiger partial charge in [-0.15, -0.1) is 11.6 Å². The Balaban J connectivity index is 3.09. The normalized spacial score (nSPS) is 12.7. The first kappa shape index (κ1) is 14.1. The number of thioether (sulfide) groups is 1. The molecule has 1 unspecified atom stereocenters. The third-order valence-corrected chi connectivity index (χ3v) is 3.18. The predicted molar refractivity (Wildman–Crippen MR) is 62.1 cm³/mol. The Morgan fingerprint density at radius 2 is 2.07 bits per heavy atom. The third kappa shape index (κ3) is 8.66. The van der Waals surface area contributed by atoms with Gasteiger partial charge in [-0.3, -0.25) is 4.79 Å². The molecule has 0 aliphatic rings. The SMILES string of the molecule is NC(CCSCCCCCCl)C(=O)O. The summed E-state index contributed by atoms with van der Waals surface area (Å²) < 4.78 is 0. The Bertz CT molecular complexity index is 158. The van der Waals surface area contributed by atoms with Crippen LogP contribution in [0.25, 0.3) is 0 Å². The highest BCUT2D eigenvalue weighted by Gasteiger charge is 2.09. The third-order valence-electron chi connectivity index (χ3n) is 1.81. The van der Waals surface area contributed by atoms with Gasteiger partial charge in [0.2, 0.25) is 0 Å². The molecule has 0 aromatic rings. The second-order valence-electron chi connectivity index (χ2n) is 3.10. The average Bonchev–Trinajstić information content (AvgIpc) is 2.16. The molecule has 0 saturated heterocycles. The fourth-order valence-corrected chi connectivity index (χ4v) is 2.13. The van der Waals surface area contributed by atoms with Crippen molar-refractivity contribution in [1.82, 2.24) is 0 Å². The van der Waals surface area contributed by atoms with E-state index in [1.165, 1.54) is 0 Å². The molecule has 0 aromatic heterocycles. The first-order valence-electron chi connectivity index (χ1n) is 4.80. The maximum absolute atomic E-state index is 10.4. The van der Waals surface area contributed by atoms with E-state index in [4.69, 9.17) is 22.4 Å². The van der Waals surface area contributed by atoms with Crippen molar-refractivity contribution in [1.29, 1.82) is 0 Å². The highest BCUT2D eigenvalue weighted by atomic mass is 35.5. The van der Waals surface area contributed by atoms with Crippen molar-refractivity contribution in [3.8, 4) is 0 Å². The molecule has 5 heteroatoms. The number of carboxylic acids is 1. The number of nitrogens with two attached hydrogens (primary N) is 1. The van der Waals surface area contributed by atoms with E-state index in [1.807, 2.05) is 0 Å². The summed E-state index contributed by atoms with van der Waals surface area (Å²) in [4.78, 5) is 10.4. The van der Waals surface area contributed by atoms with E-state index in [9.17, 15) is 4.79 Å². The maximum atomic E-state index is 10.4. The molecule has 0 amide bonds. The van der Waals surface area contributed by atoms with Gasteiger partial charge in [-0.2, -0.15) is 11.8 Å². The molecule has 0 aliphatic carbocycles. The molecular formula is C9H18ClNO2S. The predicted octanol–water partition coefficient (Wildman–Crippen LogP) is 1.93. The highest BCUT2D eigenvalue weighted by Crippen LogP contribution is 2.09. The molecule has 0 heterocycles. The van der Waals surface area contributed by atoms with E-state index >= 15 is 0 Å². The van der Waals surface area contributed by atoms with Gasteiger partial charge >= 0.3 is 5.97 Å². The first-order chi connectivity index (χ1) is 6.68. The van der Waals surface area contributed by atoms with Crippen molar-refractivity contribution < 1.29 is 9.90 Å². The van der Waals surface area contributed by atoms with Gasteiger partial charge in [0.25, 0.3) is 0 Å². The van der Waals surface area contributed by atoms with Crippen LogP contribution in [0.2, 0.25) is 0 Å². The summed E-state index contributed by atoms with van der Waals surface area (Å²) in [5, 5.41) is 8.51. The van der Waals surface area contributed by atoms with Crippen molar-refractivity contribution >= 4 is 29.3 Å². The lowest BCUT2D eigenvalue weighted by Crippen LogP contribution is -2.30. The minimum absolute atomic E-state index is 0.551. The molecule has 0 aromatic carbocycles. The quantitative estimate of drug-likeness (QED) is 0.477. The summed E-state index contributed by atoms with van der Waals surface area (Å²) in [6, 6.07) is -0.703. The Morgan fingerprint density at radius 1 is 1.36 bits per heavy atom. The molecule has 0 rings (SSSR count). The second-order valence-corrected chi connectivity index (χ2v) is 4.70. The lowest BCUT2D eigenvalue weighted by Gasteiger charge is -2.05. The molecule has 0 radical (unpaired) electrons. The van der Waals surface area contributed by atoms with E-state index in [1.54, 1.807) is 11.8 Å². The number of halogens is 1. The number of hydrogen-bond acceptors (Lipinski definition) is 3. The van der Waals surface area contributed by atoms with Crippen LogP contribution in [-0.2, 0) is 4.79 Å². The summed E-state index contributed by atoms with van der Waals surface area (Å²) in [6.07, 6.45) is 3.92. The number of carboxylic acid groups (broad SMARTS) is 1. The van der Waals surface area contributed by atoms with Crippen LogP contribution in [0.15, 0.2) is 0 Å². The first-order valence-corrected chi connectivity index (χ1v) is 6.49. The van der Waals surface area contributed by atoms with Crippen molar-refractivity contribution in [3.63, 3.8) is 0 Å². The molecular weight excluding hydrogens is 222 g/mol. The van der Waals surface area contributed by atoms with Crippen molar-refractivity contribution in [2.45, 2.75) is 31.7 Å². The lowest BCUT2D eigenvalue weighted by atomic mass is 10.2. The zero-order valence-corrected chi connectivity index (χ0v) is 9.82. The van der Waals surface area contributed by atoms with Crippen LogP contribution in [-0.4, -0.2) is 34.5 Å². The summed E-state index contributed by atoms with van der Waals surface area (Å²) in [5.41, 5.74) is 5.35. The summed E-state index contributed by atoms with van der Waals surface area (Å²) in [7, 11) is 0. The molecule has 0 aliphatic heterocycles. The fraction of sp³-hybridized carbons (Fsp3) is 0.889. The molecule has 0 bridgehead atoms. The van der Waals surface area contributed by atoms with Crippen LogP contribution in [0.1, 0.15) is 25.7 Å². The fourth-order valence-electron chi connectivity index (χ4n) is 0.911. The Morgan fingerprint density at radius 3 is 2.64 bits per heavy atom. The Kier molecular flexibility index (Phi) is 9.67. The number of unbranched alkanes of at least 4 members (excludes halogenated alkanes) is 2. The number of aliphatic carboxylic acids is 1. The van der Waals surface area contributed by atoms with E-state index in [0.717, 1.165) is 36.6 Å². The van der Waals surface area contributed by atoms with Gasteiger partial charge in [-0.1, -0.05) is 6.42 Å². The molecule has 14 heavy (non-hydrogen) atoms. The van der Waals surface area contributed by atoms with Gasteiger partial charge in [-0.05, 0) is 30.8 Å². The largest absolute Gasteiger partial charge is 0.480 e. The zero-order chi connectivity index (χ0) is 10.8. The van der Waals surface area contributed by atoms with Crippen molar-refractivity contribution in [3.05, 3.63) is 0 Å². The van der Waals surface area contributed by atoms with Crippen LogP contribution < -0.4 is 5.73 Å². The van der Waals surface area contributed by atoms with Crippen LogP contribution in [0.3, 0.4) is 0 Å². The minimum atomic E-state index is -0.909. The minimum Gasteiger partial charge on any atom is -0.480 e. The molecule has 0 saturated carbocycles. The summed E-state index contributed by atoms with van der Waals surface area (Å²) >= 11 is 7.29. The Hall–Kier alpha value is 0.0700. The van der Waals surface area contributed by atoms with Gasteiger partial charge < -0.3 is 10.8 Å². The smallest absolute Gasteiger partial charge is 0.320 e. The number of rotatable bonds is 9. The zero-order valence-electron chi connectivity index (χ0n) is 8.25. The molecule has 3 nitrogen and oxygen atoms in total. The average molecular weight is 240 g/mol. The van der Waals surface area contributed by atoms with E-state index in [2.05, 4.69) is 0 Å². The molecule has 1 atom stereocenters. The molecule has 0 spiro atoms. The van der Waals surface area contributed by atoms with Gasteiger partial charge in [0.1, 0.15) is 6.04 Å². The van der Waals surface area contributed by atoms with Crippen LogP contribution in [0, 0.1) is 0 Å². The van der Waals surface area contributed by atoms with E-state index < -0.39 is 12.0 Å².